The molecule has 1 saturated heterocycles. The summed E-state index contributed by atoms with van der Waals surface area (Å²) in [4.78, 5) is 2.60. The molecule has 5 heteroatoms. The van der Waals surface area contributed by atoms with Gasteiger partial charge in [-0.2, -0.15) is 0 Å². The number of likely N-dealkylation sites (N-methyl/N-ethyl adjacent to an activating group) is 1. The minimum atomic E-state index is -0.882. The first-order valence-corrected chi connectivity index (χ1v) is 12.3. The van der Waals surface area contributed by atoms with E-state index in [1.165, 1.54) is 11.1 Å². The summed E-state index contributed by atoms with van der Waals surface area (Å²) in [5.74, 6) is 1.79. The number of methoxy groups -OCH3 is 2. The Labute approximate surface area is 192 Å². The van der Waals surface area contributed by atoms with Crippen molar-refractivity contribution in [2.45, 2.75) is 88.6 Å². The zero-order valence-electron chi connectivity index (χ0n) is 20.7. The van der Waals surface area contributed by atoms with Gasteiger partial charge in [-0.1, -0.05) is 26.8 Å². The third-order valence-electron chi connectivity index (χ3n) is 11.0. The van der Waals surface area contributed by atoms with Gasteiger partial charge in [0.2, 0.25) is 0 Å². The second-order valence-corrected chi connectivity index (χ2v) is 12.5. The first-order chi connectivity index (χ1) is 15.0. The van der Waals surface area contributed by atoms with Gasteiger partial charge in [0, 0.05) is 35.5 Å². The van der Waals surface area contributed by atoms with Gasteiger partial charge in [-0.05, 0) is 69.7 Å². The maximum Gasteiger partial charge on any atom is 0.165 e. The van der Waals surface area contributed by atoms with Crippen LogP contribution in [0.1, 0.15) is 64.5 Å². The lowest BCUT2D eigenvalue weighted by Crippen LogP contribution is -2.83. The Morgan fingerprint density at radius 3 is 2.53 bits per heavy atom. The molecule has 176 valence electrons. The summed E-state index contributed by atoms with van der Waals surface area (Å²) in [6.45, 7) is 9.59. The van der Waals surface area contributed by atoms with Crippen LogP contribution < -0.4 is 9.47 Å². The smallest absolute Gasteiger partial charge is 0.165 e. The van der Waals surface area contributed by atoms with Crippen LogP contribution in [-0.2, 0) is 16.6 Å². The fourth-order valence-corrected chi connectivity index (χ4v) is 9.01. The number of fused-ring (bicyclic) bond motifs is 2. The van der Waals surface area contributed by atoms with Crippen LogP contribution in [0.25, 0.3) is 0 Å². The summed E-state index contributed by atoms with van der Waals surface area (Å²) in [6, 6.07) is 4.82. The maximum absolute atomic E-state index is 12.1. The van der Waals surface area contributed by atoms with Crippen molar-refractivity contribution in [3.63, 3.8) is 0 Å². The molecule has 1 N–H and O–H groups in total. The lowest BCUT2D eigenvalue weighted by molar-refractivity contribution is -0.311. The first kappa shape index (κ1) is 21.2. The molecule has 32 heavy (non-hydrogen) atoms. The number of hydrogen-bond acceptors (Lipinski definition) is 5. The van der Waals surface area contributed by atoms with E-state index in [9.17, 15) is 5.11 Å². The molecule has 5 nitrogen and oxygen atoms in total. The Kier molecular flexibility index (Phi) is 4.00. The van der Waals surface area contributed by atoms with Crippen molar-refractivity contribution in [1.29, 1.82) is 0 Å². The number of hydrogen-bond donors (Lipinski definition) is 1. The third-order valence-corrected chi connectivity index (χ3v) is 11.0. The molecule has 3 saturated carbocycles. The fourth-order valence-electron chi connectivity index (χ4n) is 9.01. The van der Waals surface area contributed by atoms with Gasteiger partial charge in [0.25, 0.3) is 0 Å². The Morgan fingerprint density at radius 1 is 1.12 bits per heavy atom. The van der Waals surface area contributed by atoms with Crippen LogP contribution in [0.15, 0.2) is 12.1 Å². The van der Waals surface area contributed by atoms with Gasteiger partial charge in [0.05, 0.1) is 12.7 Å². The summed E-state index contributed by atoms with van der Waals surface area (Å²) < 4.78 is 19.4. The van der Waals surface area contributed by atoms with Gasteiger partial charge in [-0.15, -0.1) is 0 Å². The van der Waals surface area contributed by atoms with Crippen LogP contribution in [0.5, 0.6) is 11.5 Å². The standard InChI is InChI=1S/C27H39NO4/c1-23(2,3)24(4,29)18-15-25-10-11-27(18,31-7)22-26(25)12-13-28(5)19(25)14-16-8-9-17(30-6)21(32-22)20(16)26/h8-9,18-19,22,29H,10-15H2,1-7H3/t18-,19?,22-,24+,25-,26?,27-/m1/s1. The average molecular weight is 442 g/mol. The van der Waals surface area contributed by atoms with Crippen LogP contribution in [0.4, 0.5) is 0 Å². The highest BCUT2D eigenvalue weighted by atomic mass is 16.6. The van der Waals surface area contributed by atoms with E-state index < -0.39 is 11.2 Å². The van der Waals surface area contributed by atoms with Crippen LogP contribution in [-0.4, -0.2) is 61.2 Å². The molecule has 6 aliphatic rings. The summed E-state index contributed by atoms with van der Waals surface area (Å²) in [5.41, 5.74) is 1.17. The first-order valence-electron chi connectivity index (χ1n) is 12.3. The molecule has 7 atom stereocenters. The molecular weight excluding hydrogens is 402 g/mol. The number of aliphatic hydroxyl groups is 1. The molecule has 7 rings (SSSR count). The van der Waals surface area contributed by atoms with E-state index in [-0.39, 0.29) is 28.3 Å². The molecule has 2 aliphatic heterocycles. The summed E-state index contributed by atoms with van der Waals surface area (Å²) in [7, 11) is 5.89. The van der Waals surface area contributed by atoms with Crippen LogP contribution in [0.3, 0.4) is 0 Å². The monoisotopic (exact) mass is 441 g/mol. The Morgan fingerprint density at radius 2 is 1.88 bits per heavy atom. The molecule has 4 bridgehead atoms. The zero-order valence-corrected chi connectivity index (χ0v) is 20.7. The van der Waals surface area contributed by atoms with Gasteiger partial charge in [0.1, 0.15) is 11.7 Å². The van der Waals surface area contributed by atoms with Gasteiger partial charge in [0.15, 0.2) is 11.5 Å². The SMILES string of the molecule is COc1ccc2c3c1O[C@@H]1C34CCN(C)C(C2)[C@]42CC[C@@]1(OC)[C@@H]([C@](C)(O)C(C)(C)C)C2. The topological polar surface area (TPSA) is 51.2 Å². The van der Waals surface area contributed by atoms with E-state index in [0.717, 1.165) is 50.1 Å². The minimum absolute atomic E-state index is 0.00253. The lowest BCUT2D eigenvalue weighted by atomic mass is 9.33. The number of rotatable bonds is 3. The number of ether oxygens (including phenoxy) is 3. The van der Waals surface area contributed by atoms with Gasteiger partial charge < -0.3 is 24.2 Å². The fraction of sp³-hybridized carbons (Fsp3) is 0.778. The predicted molar refractivity (Wildman–Crippen MR) is 123 cm³/mol. The average Bonchev–Trinajstić information content (AvgIpc) is 3.12. The number of likely N-dealkylation sites (tertiary alicyclic amines) is 1. The lowest BCUT2D eigenvalue weighted by Gasteiger charge is -2.75. The summed E-state index contributed by atoms with van der Waals surface area (Å²) in [6.07, 6.45) is 5.07. The van der Waals surface area contributed by atoms with Gasteiger partial charge in [-0.3, -0.25) is 0 Å². The van der Waals surface area contributed by atoms with Gasteiger partial charge in [-0.25, -0.2) is 0 Å². The number of benzene rings is 1. The quantitative estimate of drug-likeness (QED) is 0.770. The molecule has 1 aromatic carbocycles. The molecular formula is C27H39NO4. The van der Waals surface area contributed by atoms with Crippen molar-refractivity contribution in [2.24, 2.45) is 16.7 Å². The van der Waals surface area contributed by atoms with Crippen molar-refractivity contribution in [3.05, 3.63) is 23.3 Å². The van der Waals surface area contributed by atoms with Gasteiger partial charge >= 0.3 is 0 Å². The number of piperidine rings is 1. The highest BCUT2D eigenvalue weighted by molar-refractivity contribution is 5.63. The molecule has 4 aliphatic carbocycles. The highest BCUT2D eigenvalue weighted by Gasteiger charge is 2.82. The Hall–Kier alpha value is -1.30. The Bertz CT molecular complexity index is 983. The van der Waals surface area contributed by atoms with E-state index in [2.05, 4.69) is 44.9 Å². The van der Waals surface area contributed by atoms with Crippen molar-refractivity contribution in [1.82, 2.24) is 4.90 Å². The molecule has 0 radical (unpaired) electrons. The molecule has 0 aromatic heterocycles. The molecule has 2 heterocycles. The molecule has 1 aromatic rings. The Balaban J connectivity index is 1.65. The second kappa shape index (κ2) is 6.03. The van der Waals surface area contributed by atoms with Crippen molar-refractivity contribution < 1.29 is 19.3 Å². The predicted octanol–water partition coefficient (Wildman–Crippen LogP) is 3.94. The summed E-state index contributed by atoms with van der Waals surface area (Å²) >= 11 is 0. The van der Waals surface area contributed by atoms with E-state index in [4.69, 9.17) is 14.2 Å². The molecule has 2 spiro atoms. The van der Waals surface area contributed by atoms with Crippen LogP contribution in [0.2, 0.25) is 0 Å². The highest BCUT2D eigenvalue weighted by Crippen LogP contribution is 2.77. The van der Waals surface area contributed by atoms with E-state index >= 15 is 0 Å². The molecule has 4 fully saturated rings. The zero-order chi connectivity index (χ0) is 22.9. The van der Waals surface area contributed by atoms with Crippen LogP contribution >= 0.6 is 0 Å². The van der Waals surface area contributed by atoms with Crippen molar-refractivity contribution in [2.75, 3.05) is 27.8 Å². The van der Waals surface area contributed by atoms with Crippen molar-refractivity contribution in [3.8, 4) is 11.5 Å². The molecule has 0 amide bonds. The van der Waals surface area contributed by atoms with E-state index in [1.807, 2.05) is 14.0 Å². The maximum atomic E-state index is 12.1. The summed E-state index contributed by atoms with van der Waals surface area (Å²) in [5, 5.41) is 12.1. The van der Waals surface area contributed by atoms with E-state index in [0.29, 0.717) is 6.04 Å². The third kappa shape index (κ3) is 2.01. The number of nitrogens with zero attached hydrogens (tertiary/aromatic N) is 1. The second-order valence-electron chi connectivity index (χ2n) is 12.5. The van der Waals surface area contributed by atoms with E-state index in [1.54, 1.807) is 7.11 Å². The normalized spacial score (nSPS) is 43.4. The van der Waals surface area contributed by atoms with Crippen LogP contribution in [0, 0.1) is 16.7 Å². The molecule has 2 unspecified atom stereocenters. The van der Waals surface area contributed by atoms with Crippen molar-refractivity contribution >= 4 is 0 Å². The minimum Gasteiger partial charge on any atom is -0.493 e. The largest absolute Gasteiger partial charge is 0.493 e.